The first-order chi connectivity index (χ1) is 28.2. The summed E-state index contributed by atoms with van der Waals surface area (Å²) in [6.07, 6.45) is 2.33. The van der Waals surface area contributed by atoms with Gasteiger partial charge >= 0.3 is 0 Å². The largest absolute Gasteiger partial charge is 0.468 e. The normalized spacial score (nSPS) is 17.0. The van der Waals surface area contributed by atoms with Gasteiger partial charge in [0.25, 0.3) is 6.71 Å². The molecule has 9 rings (SSSR count). The minimum atomic E-state index is -1.87. The van der Waals surface area contributed by atoms with E-state index in [0.29, 0.717) is 0 Å². The highest BCUT2D eigenvalue weighted by atomic mass is 28.3. The van der Waals surface area contributed by atoms with Crippen molar-refractivity contribution in [3.05, 3.63) is 118 Å². The van der Waals surface area contributed by atoms with Crippen molar-refractivity contribution in [3.63, 3.8) is 0 Å². The van der Waals surface area contributed by atoms with Crippen LogP contribution in [0.5, 0.6) is 0 Å². The van der Waals surface area contributed by atoms with E-state index in [-0.39, 0.29) is 33.8 Å². The molecule has 0 saturated heterocycles. The standard InChI is InChI=1S/C56H69BN2OSi/c1-34-18-19-37(54(8,9)10)29-45(34)59-47-31-39(61(15,16)17)30-46-49(47)57(51-50(59)40-32-41-42(33-48(40)60-51)56(13,14)27-26-55(41,11)12)43-28-36(53(5,6)7)22-25-44(43)58(46)38-23-20-35(21-24-38)52(2,3)4/h18-25,28-33H,26-27H2,1-17H3. The number of nitrogens with zero attached hydrogens (tertiary/aromatic N) is 2. The molecule has 5 heteroatoms. The van der Waals surface area contributed by atoms with Crippen molar-refractivity contribution in [1.82, 2.24) is 0 Å². The van der Waals surface area contributed by atoms with Crippen molar-refractivity contribution in [2.24, 2.45) is 0 Å². The SMILES string of the molecule is Cc1ccc(C(C)(C)C)cc1N1c2cc([Si](C)(C)C)cc3c2B(c2cc(C(C)(C)C)ccc2N3c2ccc(C(C)(C)C)cc2)c2oc3cc4c(cc3c21)C(C)(C)CCC4(C)C. The lowest BCUT2D eigenvalue weighted by Gasteiger charge is -2.44. The first-order valence-corrected chi connectivity index (χ1v) is 26.4. The molecule has 0 unspecified atom stereocenters. The second-order valence-corrected chi connectivity index (χ2v) is 29.4. The molecule has 61 heavy (non-hydrogen) atoms. The molecule has 1 aliphatic carbocycles. The topological polar surface area (TPSA) is 19.6 Å². The van der Waals surface area contributed by atoms with Crippen LogP contribution in [0.15, 0.2) is 89.3 Å². The zero-order chi connectivity index (χ0) is 44.1. The fourth-order valence-corrected chi connectivity index (χ4v) is 11.5. The minimum absolute atomic E-state index is 0.0192. The predicted molar refractivity (Wildman–Crippen MR) is 269 cm³/mol. The predicted octanol–water partition coefficient (Wildman–Crippen LogP) is 13.6. The molecule has 2 aliphatic heterocycles. The Morgan fingerprint density at radius 2 is 1.10 bits per heavy atom. The van der Waals surface area contributed by atoms with Crippen LogP contribution >= 0.6 is 0 Å². The Balaban J connectivity index is 1.46. The molecule has 3 heterocycles. The highest BCUT2D eigenvalue weighted by Gasteiger charge is 2.49. The molecule has 0 atom stereocenters. The maximum Gasteiger partial charge on any atom is 0.297 e. The average Bonchev–Trinajstić information content (AvgIpc) is 3.53. The molecule has 0 radical (unpaired) electrons. The Bertz CT molecular complexity index is 2760. The molecular formula is C56H69BN2OSi. The number of fused-ring (bicyclic) bond motifs is 7. The Hall–Kier alpha value is -4.48. The fourth-order valence-electron chi connectivity index (χ4n) is 10.4. The lowest BCUT2D eigenvalue weighted by Crippen LogP contribution is -2.62. The lowest BCUT2D eigenvalue weighted by molar-refractivity contribution is 0.332. The van der Waals surface area contributed by atoms with Gasteiger partial charge in [0.1, 0.15) is 5.58 Å². The van der Waals surface area contributed by atoms with Crippen LogP contribution in [0.1, 0.15) is 136 Å². The maximum atomic E-state index is 7.58. The van der Waals surface area contributed by atoms with Crippen molar-refractivity contribution in [3.8, 4) is 0 Å². The number of furan rings is 1. The Kier molecular flexibility index (Phi) is 9.11. The summed E-state index contributed by atoms with van der Waals surface area (Å²) in [5.41, 5.74) is 20.4. The van der Waals surface area contributed by atoms with Gasteiger partial charge in [0.15, 0.2) is 0 Å². The minimum Gasteiger partial charge on any atom is -0.468 e. The number of hydrogen-bond donors (Lipinski definition) is 0. The van der Waals surface area contributed by atoms with Gasteiger partial charge in [-0.2, -0.15) is 0 Å². The van der Waals surface area contributed by atoms with Crippen LogP contribution in [0.2, 0.25) is 19.6 Å². The molecule has 316 valence electrons. The number of aryl methyl sites for hydroxylation is 1. The van der Waals surface area contributed by atoms with E-state index in [0.717, 1.165) is 17.7 Å². The van der Waals surface area contributed by atoms with Gasteiger partial charge in [-0.05, 0) is 140 Å². The second-order valence-electron chi connectivity index (χ2n) is 24.3. The number of rotatable bonds is 3. The van der Waals surface area contributed by atoms with Crippen LogP contribution in [-0.2, 0) is 27.1 Å². The van der Waals surface area contributed by atoms with E-state index < -0.39 is 8.07 Å². The number of anilines is 6. The Morgan fingerprint density at radius 1 is 0.574 bits per heavy atom. The summed E-state index contributed by atoms with van der Waals surface area (Å²) in [5.74, 6) is 0. The van der Waals surface area contributed by atoms with Crippen LogP contribution in [0.25, 0.3) is 11.0 Å². The van der Waals surface area contributed by atoms with Gasteiger partial charge in [0, 0.05) is 33.8 Å². The van der Waals surface area contributed by atoms with Crippen molar-refractivity contribution in [2.75, 3.05) is 9.80 Å². The smallest absolute Gasteiger partial charge is 0.297 e. The van der Waals surface area contributed by atoms with Gasteiger partial charge in [0.05, 0.1) is 19.4 Å². The maximum absolute atomic E-state index is 7.58. The Morgan fingerprint density at radius 3 is 1.67 bits per heavy atom. The van der Waals surface area contributed by atoms with Gasteiger partial charge in [0.2, 0.25) is 0 Å². The molecule has 0 saturated carbocycles. The van der Waals surface area contributed by atoms with Crippen LogP contribution in [0, 0.1) is 6.92 Å². The summed E-state index contributed by atoms with van der Waals surface area (Å²) in [7, 11) is -1.87. The summed E-state index contributed by atoms with van der Waals surface area (Å²) in [5, 5.41) is 2.68. The third-order valence-electron chi connectivity index (χ3n) is 14.7. The third-order valence-corrected chi connectivity index (χ3v) is 16.7. The van der Waals surface area contributed by atoms with E-state index in [2.05, 4.69) is 211 Å². The van der Waals surface area contributed by atoms with E-state index in [1.54, 1.807) is 0 Å². The zero-order valence-corrected chi connectivity index (χ0v) is 41.4. The summed E-state index contributed by atoms with van der Waals surface area (Å²) in [4.78, 5) is 5.23. The quantitative estimate of drug-likeness (QED) is 0.166. The summed E-state index contributed by atoms with van der Waals surface area (Å²) >= 11 is 0. The van der Waals surface area contributed by atoms with Crippen LogP contribution < -0.4 is 31.6 Å². The van der Waals surface area contributed by atoms with E-state index in [1.807, 2.05) is 0 Å². The molecule has 0 fully saturated rings. The highest BCUT2D eigenvalue weighted by molar-refractivity contribution is 7.00. The van der Waals surface area contributed by atoms with Crippen molar-refractivity contribution in [1.29, 1.82) is 0 Å². The molecular weight excluding hydrogens is 756 g/mol. The van der Waals surface area contributed by atoms with Crippen molar-refractivity contribution in [2.45, 2.75) is 156 Å². The average molecular weight is 825 g/mol. The van der Waals surface area contributed by atoms with Gasteiger partial charge < -0.3 is 14.2 Å². The second kappa shape index (κ2) is 13.3. The van der Waals surface area contributed by atoms with Crippen molar-refractivity contribution < 1.29 is 4.42 Å². The number of benzene rings is 5. The van der Waals surface area contributed by atoms with Crippen molar-refractivity contribution >= 4 is 81.7 Å². The highest BCUT2D eigenvalue weighted by Crippen LogP contribution is 2.52. The van der Waals surface area contributed by atoms with Gasteiger partial charge in [-0.1, -0.05) is 151 Å². The van der Waals surface area contributed by atoms with E-state index in [4.69, 9.17) is 4.42 Å². The van der Waals surface area contributed by atoms with Crippen LogP contribution in [-0.4, -0.2) is 14.8 Å². The monoisotopic (exact) mass is 825 g/mol. The van der Waals surface area contributed by atoms with Gasteiger partial charge in [-0.25, -0.2) is 0 Å². The molecule has 0 N–H and O–H groups in total. The van der Waals surface area contributed by atoms with E-state index in [9.17, 15) is 0 Å². The number of hydrogen-bond acceptors (Lipinski definition) is 3. The molecule has 3 aliphatic rings. The molecule has 0 bridgehead atoms. The first-order valence-electron chi connectivity index (χ1n) is 22.9. The van der Waals surface area contributed by atoms with Gasteiger partial charge in [-0.3, -0.25) is 0 Å². The van der Waals surface area contributed by atoms with Crippen LogP contribution in [0.3, 0.4) is 0 Å². The lowest BCUT2D eigenvalue weighted by atomic mass is 9.35. The molecule has 0 amide bonds. The molecule has 0 spiro atoms. The van der Waals surface area contributed by atoms with Crippen LogP contribution in [0.4, 0.5) is 34.1 Å². The molecule has 1 aromatic heterocycles. The zero-order valence-electron chi connectivity index (χ0n) is 40.4. The third kappa shape index (κ3) is 6.66. The first kappa shape index (κ1) is 41.9. The summed E-state index contributed by atoms with van der Waals surface area (Å²) in [6, 6.07) is 34.0. The van der Waals surface area contributed by atoms with Gasteiger partial charge in [-0.15, -0.1) is 0 Å². The van der Waals surface area contributed by atoms with E-state index >= 15 is 0 Å². The van der Waals surface area contributed by atoms with E-state index in [1.165, 1.54) is 95.4 Å². The summed E-state index contributed by atoms with van der Waals surface area (Å²) < 4.78 is 7.58. The summed E-state index contributed by atoms with van der Waals surface area (Å²) in [6.45, 7) is 40.4. The molecule has 5 aromatic carbocycles. The molecule has 6 aromatic rings. The fraction of sp³-hybridized carbons (Fsp3) is 0.429. The Labute approximate surface area is 369 Å². The molecule has 3 nitrogen and oxygen atoms in total.